The van der Waals surface area contributed by atoms with E-state index in [-0.39, 0.29) is 15.5 Å². The molecule has 1 aliphatic rings. The van der Waals surface area contributed by atoms with Crippen LogP contribution in [0.15, 0.2) is 29.2 Å². The van der Waals surface area contributed by atoms with Crippen molar-refractivity contribution in [1.29, 1.82) is 0 Å². The predicted octanol–water partition coefficient (Wildman–Crippen LogP) is 3.04. The number of H-pyrrole nitrogens is 1. The zero-order valence-electron chi connectivity index (χ0n) is 14.6. The SMILES string of the molecule is Cc1cc(NC(=O)c2ccc(Cl)c(S(=O)(=O)N3CCCC(C)C3)c2)n[nH]1. The summed E-state index contributed by atoms with van der Waals surface area (Å²) < 4.78 is 27.4. The van der Waals surface area contributed by atoms with Gasteiger partial charge in [0.15, 0.2) is 5.82 Å². The van der Waals surface area contributed by atoms with Crippen molar-refractivity contribution in [3.8, 4) is 0 Å². The van der Waals surface area contributed by atoms with Gasteiger partial charge in [0.25, 0.3) is 5.91 Å². The van der Waals surface area contributed by atoms with E-state index in [9.17, 15) is 13.2 Å². The van der Waals surface area contributed by atoms with E-state index in [2.05, 4.69) is 15.5 Å². The minimum absolute atomic E-state index is 0.0425. The molecule has 1 saturated heterocycles. The average molecular weight is 397 g/mol. The first-order valence-corrected chi connectivity index (χ1v) is 10.2. The van der Waals surface area contributed by atoms with Gasteiger partial charge in [-0.25, -0.2) is 8.42 Å². The number of aryl methyl sites for hydroxylation is 1. The first-order chi connectivity index (χ1) is 12.3. The molecule has 1 fully saturated rings. The fourth-order valence-corrected chi connectivity index (χ4v) is 5.12. The number of aromatic amines is 1. The summed E-state index contributed by atoms with van der Waals surface area (Å²) in [4.78, 5) is 12.4. The van der Waals surface area contributed by atoms with Crippen LogP contribution in [-0.4, -0.2) is 41.9 Å². The second-order valence-electron chi connectivity index (χ2n) is 6.65. The van der Waals surface area contributed by atoms with Crippen molar-refractivity contribution >= 4 is 33.3 Å². The Bertz CT molecular complexity index is 926. The topological polar surface area (TPSA) is 95.2 Å². The highest BCUT2D eigenvalue weighted by atomic mass is 35.5. The zero-order valence-corrected chi connectivity index (χ0v) is 16.2. The largest absolute Gasteiger partial charge is 0.305 e. The van der Waals surface area contributed by atoms with Crippen LogP contribution in [0.5, 0.6) is 0 Å². The second-order valence-corrected chi connectivity index (χ2v) is 8.96. The molecular weight excluding hydrogens is 376 g/mol. The Morgan fingerprint density at radius 2 is 2.15 bits per heavy atom. The third-order valence-electron chi connectivity index (χ3n) is 4.38. The fraction of sp³-hybridized carbons (Fsp3) is 0.412. The highest BCUT2D eigenvalue weighted by Crippen LogP contribution is 2.29. The Labute approximate surface area is 157 Å². The van der Waals surface area contributed by atoms with Crippen LogP contribution in [0.3, 0.4) is 0 Å². The monoisotopic (exact) mass is 396 g/mol. The van der Waals surface area contributed by atoms with Gasteiger partial charge in [-0.1, -0.05) is 18.5 Å². The van der Waals surface area contributed by atoms with Crippen LogP contribution in [-0.2, 0) is 10.0 Å². The van der Waals surface area contributed by atoms with E-state index in [4.69, 9.17) is 11.6 Å². The lowest BCUT2D eigenvalue weighted by atomic mass is 10.0. The Kier molecular flexibility index (Phi) is 5.36. The molecule has 1 atom stereocenters. The maximum Gasteiger partial charge on any atom is 0.256 e. The van der Waals surface area contributed by atoms with Crippen molar-refractivity contribution in [2.75, 3.05) is 18.4 Å². The van der Waals surface area contributed by atoms with Crippen molar-refractivity contribution in [1.82, 2.24) is 14.5 Å². The molecule has 7 nitrogen and oxygen atoms in total. The number of rotatable bonds is 4. The average Bonchev–Trinajstić information content (AvgIpc) is 3.00. The summed E-state index contributed by atoms with van der Waals surface area (Å²) in [7, 11) is -3.75. The van der Waals surface area contributed by atoms with Gasteiger partial charge in [0.05, 0.1) is 5.02 Å². The molecule has 3 rings (SSSR count). The summed E-state index contributed by atoms with van der Waals surface area (Å²) in [6.45, 7) is 4.77. The molecule has 2 aromatic rings. The Balaban J connectivity index is 1.88. The van der Waals surface area contributed by atoms with E-state index >= 15 is 0 Å². The van der Waals surface area contributed by atoms with Gasteiger partial charge >= 0.3 is 0 Å². The lowest BCUT2D eigenvalue weighted by molar-refractivity contribution is 0.102. The number of hydrogen-bond acceptors (Lipinski definition) is 4. The van der Waals surface area contributed by atoms with E-state index in [0.29, 0.717) is 24.8 Å². The van der Waals surface area contributed by atoms with Gasteiger partial charge in [-0.15, -0.1) is 0 Å². The van der Waals surface area contributed by atoms with Crippen LogP contribution in [0.1, 0.15) is 35.8 Å². The number of piperidine rings is 1. The maximum absolute atomic E-state index is 13.0. The second kappa shape index (κ2) is 7.38. The van der Waals surface area contributed by atoms with Crippen molar-refractivity contribution < 1.29 is 13.2 Å². The van der Waals surface area contributed by atoms with E-state index < -0.39 is 15.9 Å². The Hall–Kier alpha value is -1.90. The molecular formula is C17H21ClN4O3S. The van der Waals surface area contributed by atoms with Crippen molar-refractivity contribution in [3.63, 3.8) is 0 Å². The molecule has 2 heterocycles. The van der Waals surface area contributed by atoms with E-state index in [1.54, 1.807) is 6.07 Å². The number of benzene rings is 1. The smallest absolute Gasteiger partial charge is 0.256 e. The molecule has 0 spiro atoms. The maximum atomic E-state index is 13.0. The van der Waals surface area contributed by atoms with Gasteiger partial charge in [0.1, 0.15) is 4.90 Å². The van der Waals surface area contributed by atoms with Crippen LogP contribution in [0.4, 0.5) is 5.82 Å². The van der Waals surface area contributed by atoms with Gasteiger partial charge in [-0.2, -0.15) is 9.40 Å². The molecule has 1 unspecified atom stereocenters. The molecule has 26 heavy (non-hydrogen) atoms. The molecule has 9 heteroatoms. The highest BCUT2D eigenvalue weighted by Gasteiger charge is 2.31. The normalized spacial score (nSPS) is 18.7. The van der Waals surface area contributed by atoms with Crippen LogP contribution in [0.2, 0.25) is 5.02 Å². The highest BCUT2D eigenvalue weighted by molar-refractivity contribution is 7.89. The molecule has 0 bridgehead atoms. The fourth-order valence-electron chi connectivity index (χ4n) is 3.02. The molecule has 0 aliphatic carbocycles. The Morgan fingerprint density at radius 1 is 1.38 bits per heavy atom. The number of carbonyl (C=O) groups is 1. The first kappa shape index (κ1) is 18.9. The first-order valence-electron chi connectivity index (χ1n) is 8.40. The molecule has 0 radical (unpaired) electrons. The van der Waals surface area contributed by atoms with Gasteiger partial charge < -0.3 is 5.32 Å². The number of nitrogens with one attached hydrogen (secondary N) is 2. The van der Waals surface area contributed by atoms with Crippen molar-refractivity contribution in [2.45, 2.75) is 31.6 Å². The molecule has 1 aliphatic heterocycles. The van der Waals surface area contributed by atoms with Gasteiger partial charge in [0.2, 0.25) is 10.0 Å². The minimum Gasteiger partial charge on any atom is -0.305 e. The number of aromatic nitrogens is 2. The number of sulfonamides is 1. The number of halogens is 1. The summed E-state index contributed by atoms with van der Waals surface area (Å²) in [6.07, 6.45) is 1.82. The minimum atomic E-state index is -3.75. The van der Waals surface area contributed by atoms with Gasteiger partial charge in [-0.05, 0) is 43.9 Å². The third kappa shape index (κ3) is 3.92. The van der Waals surface area contributed by atoms with Crippen LogP contribution in [0, 0.1) is 12.8 Å². The molecule has 140 valence electrons. The van der Waals surface area contributed by atoms with E-state index in [0.717, 1.165) is 18.5 Å². The molecule has 1 aromatic heterocycles. The quantitative estimate of drug-likeness (QED) is 0.830. The van der Waals surface area contributed by atoms with E-state index in [1.165, 1.54) is 22.5 Å². The summed E-state index contributed by atoms with van der Waals surface area (Å²) in [5, 5.41) is 9.41. The standard InChI is InChI=1S/C17H21ClN4O3S/c1-11-4-3-7-22(10-11)26(24,25)15-9-13(5-6-14(15)18)17(23)19-16-8-12(2)20-21-16/h5-6,8-9,11H,3-4,7,10H2,1-2H3,(H2,19,20,21,23). The van der Waals surface area contributed by atoms with Crippen LogP contribution >= 0.6 is 11.6 Å². The van der Waals surface area contributed by atoms with Crippen molar-refractivity contribution in [2.24, 2.45) is 5.92 Å². The summed E-state index contributed by atoms with van der Waals surface area (Å²) in [5.41, 5.74) is 1.01. The van der Waals surface area contributed by atoms with Gasteiger partial charge in [-0.3, -0.25) is 9.89 Å². The molecule has 0 saturated carbocycles. The van der Waals surface area contributed by atoms with Crippen LogP contribution < -0.4 is 5.32 Å². The summed E-state index contributed by atoms with van der Waals surface area (Å²) in [5.74, 6) is 0.222. The van der Waals surface area contributed by atoms with Gasteiger partial charge in [0, 0.05) is 30.4 Å². The van der Waals surface area contributed by atoms with Crippen LogP contribution in [0.25, 0.3) is 0 Å². The number of hydrogen-bond donors (Lipinski definition) is 2. The lowest BCUT2D eigenvalue weighted by Crippen LogP contribution is -2.39. The Morgan fingerprint density at radius 3 is 2.81 bits per heavy atom. The predicted molar refractivity (Wildman–Crippen MR) is 99.9 cm³/mol. The van der Waals surface area contributed by atoms with Crippen molar-refractivity contribution in [3.05, 3.63) is 40.5 Å². The molecule has 1 aromatic carbocycles. The van der Waals surface area contributed by atoms with E-state index in [1.807, 2.05) is 13.8 Å². The third-order valence-corrected chi connectivity index (χ3v) is 6.73. The summed E-state index contributed by atoms with van der Waals surface area (Å²) >= 11 is 6.15. The zero-order chi connectivity index (χ0) is 18.9. The molecule has 2 N–H and O–H groups in total. The summed E-state index contributed by atoms with van der Waals surface area (Å²) in [6, 6.07) is 5.94. The lowest BCUT2D eigenvalue weighted by Gasteiger charge is -2.30. The number of amides is 1. The molecule has 1 amide bonds. The number of carbonyl (C=O) groups excluding carboxylic acids is 1. The number of anilines is 1. The number of nitrogens with zero attached hydrogens (tertiary/aromatic N) is 2.